The van der Waals surface area contributed by atoms with Crippen molar-refractivity contribution < 1.29 is 14.1 Å². The van der Waals surface area contributed by atoms with Crippen LogP contribution in [-0.2, 0) is 6.61 Å². The number of nitrogens with zero attached hydrogens (tertiary/aromatic N) is 3. The Hall–Kier alpha value is -2.67. The average Bonchev–Trinajstić information content (AvgIpc) is 3.26. The topological polar surface area (TPSA) is 68.5 Å². The molecule has 0 aliphatic carbocycles. The Labute approximate surface area is 156 Å². The first-order valence-electron chi connectivity index (χ1n) is 8.29. The van der Waals surface area contributed by atoms with Crippen LogP contribution in [0, 0.1) is 13.8 Å². The molecule has 7 heteroatoms. The molecule has 0 aliphatic heterocycles. The van der Waals surface area contributed by atoms with Gasteiger partial charge in [0.05, 0.1) is 6.04 Å². The van der Waals surface area contributed by atoms with Crippen LogP contribution in [0.25, 0.3) is 0 Å². The molecule has 0 bridgehead atoms. The first-order chi connectivity index (χ1) is 12.4. The van der Waals surface area contributed by atoms with Gasteiger partial charge in [-0.1, -0.05) is 5.16 Å². The van der Waals surface area contributed by atoms with Crippen LogP contribution in [0.15, 0.2) is 40.9 Å². The minimum Gasteiger partial charge on any atom is -0.485 e. The Morgan fingerprint density at radius 3 is 2.54 bits per heavy atom. The van der Waals surface area contributed by atoms with E-state index < -0.39 is 0 Å². The van der Waals surface area contributed by atoms with Gasteiger partial charge in [-0.05, 0) is 50.2 Å². The number of hydrogen-bond acceptors (Lipinski definition) is 6. The van der Waals surface area contributed by atoms with E-state index >= 15 is 0 Å². The predicted octanol–water partition coefficient (Wildman–Crippen LogP) is 4.16. The van der Waals surface area contributed by atoms with Crippen LogP contribution in [0.4, 0.5) is 0 Å². The van der Waals surface area contributed by atoms with E-state index in [0.29, 0.717) is 23.0 Å². The lowest BCUT2D eigenvalue weighted by molar-refractivity contribution is 0.0745. The number of thiophene rings is 1. The molecule has 1 aromatic carbocycles. The Balaban J connectivity index is 1.62. The number of aryl methyl sites for hydroxylation is 2. The molecule has 0 saturated carbocycles. The van der Waals surface area contributed by atoms with Gasteiger partial charge in [-0.3, -0.25) is 4.79 Å². The molecule has 0 radical (unpaired) electrons. The second-order valence-electron chi connectivity index (χ2n) is 6.08. The molecule has 3 aromatic rings. The van der Waals surface area contributed by atoms with Crippen LogP contribution in [0.3, 0.4) is 0 Å². The van der Waals surface area contributed by atoms with Gasteiger partial charge in [0, 0.05) is 29.3 Å². The van der Waals surface area contributed by atoms with Gasteiger partial charge < -0.3 is 14.2 Å². The Bertz CT molecular complexity index is 886. The van der Waals surface area contributed by atoms with E-state index in [9.17, 15) is 4.79 Å². The minimum atomic E-state index is -0.0242. The molecule has 1 unspecified atom stereocenters. The maximum absolute atomic E-state index is 12.7. The van der Waals surface area contributed by atoms with Crippen molar-refractivity contribution in [1.29, 1.82) is 0 Å². The highest BCUT2D eigenvalue weighted by atomic mass is 32.1. The molecule has 1 amide bonds. The number of benzene rings is 1. The van der Waals surface area contributed by atoms with Crippen molar-refractivity contribution in [3.05, 3.63) is 63.4 Å². The number of rotatable bonds is 6. The maximum atomic E-state index is 12.7. The number of carbonyl (C=O) groups excluding carboxylic acids is 1. The molecule has 2 heterocycles. The van der Waals surface area contributed by atoms with E-state index in [1.54, 1.807) is 47.4 Å². The van der Waals surface area contributed by atoms with Crippen molar-refractivity contribution in [1.82, 2.24) is 15.0 Å². The summed E-state index contributed by atoms with van der Waals surface area (Å²) in [7, 11) is 1.82. The highest BCUT2D eigenvalue weighted by Gasteiger charge is 2.20. The van der Waals surface area contributed by atoms with Gasteiger partial charge in [-0.15, -0.1) is 11.3 Å². The normalized spacial score (nSPS) is 12.0. The smallest absolute Gasteiger partial charge is 0.254 e. The lowest BCUT2D eigenvalue weighted by Crippen LogP contribution is -2.29. The minimum absolute atomic E-state index is 0.0242. The molecule has 0 aliphatic rings. The summed E-state index contributed by atoms with van der Waals surface area (Å²) < 4.78 is 10.5. The van der Waals surface area contributed by atoms with Crippen LogP contribution < -0.4 is 4.74 Å². The van der Waals surface area contributed by atoms with E-state index in [2.05, 4.69) is 29.2 Å². The molecule has 0 N–H and O–H groups in total. The predicted molar refractivity (Wildman–Crippen MR) is 99.4 cm³/mol. The van der Waals surface area contributed by atoms with E-state index in [4.69, 9.17) is 9.26 Å². The third-order valence-electron chi connectivity index (χ3n) is 4.11. The van der Waals surface area contributed by atoms with Crippen molar-refractivity contribution in [2.75, 3.05) is 7.05 Å². The summed E-state index contributed by atoms with van der Waals surface area (Å²) in [5, 5.41) is 3.78. The van der Waals surface area contributed by atoms with Crippen LogP contribution in [0.1, 0.15) is 44.8 Å². The van der Waals surface area contributed by atoms with E-state index in [0.717, 1.165) is 0 Å². The van der Waals surface area contributed by atoms with Gasteiger partial charge in [0.15, 0.2) is 6.61 Å². The van der Waals surface area contributed by atoms with Gasteiger partial charge in [0.1, 0.15) is 5.75 Å². The fourth-order valence-electron chi connectivity index (χ4n) is 2.49. The summed E-state index contributed by atoms with van der Waals surface area (Å²) >= 11 is 1.71. The number of carbonyl (C=O) groups is 1. The lowest BCUT2D eigenvalue weighted by Gasteiger charge is -2.24. The summed E-state index contributed by atoms with van der Waals surface area (Å²) in [4.78, 5) is 21.0. The molecule has 0 saturated heterocycles. The summed E-state index contributed by atoms with van der Waals surface area (Å²) in [6.07, 6.45) is 0. The van der Waals surface area contributed by atoms with Crippen LogP contribution >= 0.6 is 11.3 Å². The molecule has 136 valence electrons. The molecule has 1 atom stereocenters. The number of amides is 1. The highest BCUT2D eigenvalue weighted by Crippen LogP contribution is 2.27. The summed E-state index contributed by atoms with van der Waals surface area (Å²) in [6.45, 7) is 6.05. The van der Waals surface area contributed by atoms with Crippen molar-refractivity contribution >= 4 is 17.2 Å². The van der Waals surface area contributed by atoms with E-state index in [1.165, 1.54) is 9.75 Å². The zero-order valence-electron chi connectivity index (χ0n) is 15.2. The molecule has 2 aromatic heterocycles. The summed E-state index contributed by atoms with van der Waals surface area (Å²) in [5.74, 6) is 1.61. The van der Waals surface area contributed by atoms with E-state index in [1.807, 2.05) is 14.0 Å². The van der Waals surface area contributed by atoms with Crippen LogP contribution in [-0.4, -0.2) is 28.0 Å². The standard InChI is InChI=1S/C19H21N3O3S/c1-12-5-10-17(26-12)13(2)22(4)19(23)15-6-8-16(9-7-15)24-11-18-20-14(3)25-21-18/h5-10,13H,11H2,1-4H3. The number of hydrogen-bond donors (Lipinski definition) is 0. The second kappa shape index (κ2) is 7.70. The molecular weight excluding hydrogens is 350 g/mol. The third kappa shape index (κ3) is 4.11. The zero-order valence-corrected chi connectivity index (χ0v) is 16.0. The molecule has 0 fully saturated rings. The fourth-order valence-corrected chi connectivity index (χ4v) is 3.46. The maximum Gasteiger partial charge on any atom is 0.254 e. The zero-order chi connectivity index (χ0) is 18.7. The van der Waals surface area contributed by atoms with Gasteiger partial charge >= 0.3 is 0 Å². The monoisotopic (exact) mass is 371 g/mol. The Morgan fingerprint density at radius 1 is 1.23 bits per heavy atom. The van der Waals surface area contributed by atoms with E-state index in [-0.39, 0.29) is 18.6 Å². The first kappa shape index (κ1) is 18.1. The second-order valence-corrected chi connectivity index (χ2v) is 7.40. The van der Waals surface area contributed by atoms with Gasteiger partial charge in [0.2, 0.25) is 11.7 Å². The van der Waals surface area contributed by atoms with Crippen molar-refractivity contribution in [2.24, 2.45) is 0 Å². The SMILES string of the molecule is Cc1nc(COc2ccc(C(=O)N(C)C(C)c3ccc(C)s3)cc2)no1. The largest absolute Gasteiger partial charge is 0.485 e. The molecule has 3 rings (SSSR count). The van der Waals surface area contributed by atoms with Crippen LogP contribution in [0.2, 0.25) is 0 Å². The number of aromatic nitrogens is 2. The molecule has 0 spiro atoms. The highest BCUT2D eigenvalue weighted by molar-refractivity contribution is 7.12. The third-order valence-corrected chi connectivity index (χ3v) is 5.28. The van der Waals surface area contributed by atoms with Crippen molar-refractivity contribution in [3.63, 3.8) is 0 Å². The first-order valence-corrected chi connectivity index (χ1v) is 9.11. The molecular formula is C19H21N3O3S. The van der Waals surface area contributed by atoms with Crippen molar-refractivity contribution in [2.45, 2.75) is 33.4 Å². The average molecular weight is 371 g/mol. The quantitative estimate of drug-likeness (QED) is 0.651. The lowest BCUT2D eigenvalue weighted by atomic mass is 10.1. The Morgan fingerprint density at radius 2 is 1.96 bits per heavy atom. The Kier molecular flexibility index (Phi) is 5.37. The molecule has 6 nitrogen and oxygen atoms in total. The van der Waals surface area contributed by atoms with Gasteiger partial charge in [0.25, 0.3) is 5.91 Å². The summed E-state index contributed by atoms with van der Waals surface area (Å²) in [5.41, 5.74) is 0.621. The fraction of sp³-hybridized carbons (Fsp3) is 0.316. The summed E-state index contributed by atoms with van der Waals surface area (Å²) in [6, 6.07) is 11.3. The van der Waals surface area contributed by atoms with Crippen LogP contribution in [0.5, 0.6) is 5.75 Å². The van der Waals surface area contributed by atoms with Crippen molar-refractivity contribution in [3.8, 4) is 5.75 Å². The van der Waals surface area contributed by atoms with Gasteiger partial charge in [-0.25, -0.2) is 0 Å². The number of ether oxygens (including phenoxy) is 1. The van der Waals surface area contributed by atoms with Gasteiger partial charge in [-0.2, -0.15) is 4.98 Å². The molecule has 26 heavy (non-hydrogen) atoms.